The van der Waals surface area contributed by atoms with Crippen molar-refractivity contribution in [1.29, 1.82) is 0 Å². The van der Waals surface area contributed by atoms with Crippen molar-refractivity contribution in [3.05, 3.63) is 41.0 Å². The van der Waals surface area contributed by atoms with Crippen LogP contribution in [0.1, 0.15) is 12.8 Å². The maximum atomic E-state index is 11.7. The van der Waals surface area contributed by atoms with Crippen LogP contribution in [0.25, 0.3) is 0 Å². The van der Waals surface area contributed by atoms with E-state index in [1.807, 2.05) is 0 Å². The SMILES string of the molecule is C=CC(=O)OCCOCCNC(=O)CCCOc1cc([N+](=O)[O-])ccc1OC. The maximum absolute atomic E-state index is 11.7. The molecule has 1 aromatic rings. The molecular weight excluding hydrogens is 372 g/mol. The minimum atomic E-state index is -0.523. The van der Waals surface area contributed by atoms with Gasteiger partial charge < -0.3 is 24.3 Å². The van der Waals surface area contributed by atoms with Crippen molar-refractivity contribution in [2.24, 2.45) is 0 Å². The fourth-order valence-electron chi connectivity index (χ4n) is 2.02. The van der Waals surface area contributed by atoms with Gasteiger partial charge in [0.25, 0.3) is 5.69 Å². The first-order valence-corrected chi connectivity index (χ1v) is 8.56. The van der Waals surface area contributed by atoms with Crippen LogP contribution in [0.3, 0.4) is 0 Å². The van der Waals surface area contributed by atoms with Crippen LogP contribution in [-0.2, 0) is 19.1 Å². The third-order valence-electron chi connectivity index (χ3n) is 3.37. The number of nitro groups is 1. The summed E-state index contributed by atoms with van der Waals surface area (Å²) in [5.41, 5.74) is -0.104. The van der Waals surface area contributed by atoms with E-state index in [1.54, 1.807) is 0 Å². The summed E-state index contributed by atoms with van der Waals surface area (Å²) in [5.74, 6) is -0.0493. The lowest BCUT2D eigenvalue weighted by Gasteiger charge is -2.10. The van der Waals surface area contributed by atoms with Crippen molar-refractivity contribution < 1.29 is 33.5 Å². The molecule has 1 amide bonds. The average molecular weight is 396 g/mol. The molecule has 0 aliphatic rings. The monoisotopic (exact) mass is 396 g/mol. The summed E-state index contributed by atoms with van der Waals surface area (Å²) in [5, 5.41) is 13.5. The van der Waals surface area contributed by atoms with E-state index in [0.717, 1.165) is 6.08 Å². The number of benzene rings is 1. The van der Waals surface area contributed by atoms with E-state index in [0.29, 0.717) is 25.3 Å². The lowest BCUT2D eigenvalue weighted by Crippen LogP contribution is -2.27. The third kappa shape index (κ3) is 8.99. The minimum Gasteiger partial charge on any atom is -0.493 e. The van der Waals surface area contributed by atoms with E-state index < -0.39 is 10.9 Å². The molecule has 1 rings (SSSR count). The van der Waals surface area contributed by atoms with Gasteiger partial charge in [0.15, 0.2) is 11.5 Å². The number of methoxy groups -OCH3 is 1. The van der Waals surface area contributed by atoms with Gasteiger partial charge in [-0.3, -0.25) is 14.9 Å². The normalized spacial score (nSPS) is 10.0. The molecule has 0 saturated heterocycles. The summed E-state index contributed by atoms with van der Waals surface area (Å²) in [4.78, 5) is 32.8. The molecule has 10 nitrogen and oxygen atoms in total. The highest BCUT2D eigenvalue weighted by Crippen LogP contribution is 2.31. The van der Waals surface area contributed by atoms with Gasteiger partial charge in [0.1, 0.15) is 6.61 Å². The Balaban J connectivity index is 2.17. The number of carbonyl (C=O) groups is 2. The van der Waals surface area contributed by atoms with Gasteiger partial charge in [-0.15, -0.1) is 0 Å². The van der Waals surface area contributed by atoms with Crippen LogP contribution < -0.4 is 14.8 Å². The number of nitrogens with zero attached hydrogens (tertiary/aromatic N) is 1. The second-order valence-corrected chi connectivity index (χ2v) is 5.38. The van der Waals surface area contributed by atoms with Crippen LogP contribution in [0, 0.1) is 10.1 Å². The number of hydrogen-bond acceptors (Lipinski definition) is 8. The molecule has 10 heteroatoms. The first-order valence-electron chi connectivity index (χ1n) is 8.56. The molecule has 0 aliphatic heterocycles. The molecule has 0 bridgehead atoms. The summed E-state index contributed by atoms with van der Waals surface area (Å²) in [6.45, 7) is 4.45. The number of carbonyl (C=O) groups excluding carboxylic acids is 2. The molecule has 154 valence electrons. The molecule has 0 spiro atoms. The lowest BCUT2D eigenvalue weighted by atomic mass is 10.2. The number of ether oxygens (including phenoxy) is 4. The van der Waals surface area contributed by atoms with E-state index in [-0.39, 0.29) is 43.6 Å². The molecular formula is C18H24N2O8. The Kier molecular flexibility index (Phi) is 10.7. The van der Waals surface area contributed by atoms with Gasteiger partial charge >= 0.3 is 5.97 Å². The number of hydrogen-bond donors (Lipinski definition) is 1. The van der Waals surface area contributed by atoms with Crippen LogP contribution in [0.4, 0.5) is 5.69 Å². The molecule has 28 heavy (non-hydrogen) atoms. The number of nitrogens with one attached hydrogen (secondary N) is 1. The Morgan fingerprint density at radius 1 is 1.21 bits per heavy atom. The summed E-state index contributed by atoms with van der Waals surface area (Å²) in [6.07, 6.45) is 1.73. The molecule has 0 unspecified atom stereocenters. The van der Waals surface area contributed by atoms with Gasteiger partial charge in [-0.1, -0.05) is 6.58 Å². The van der Waals surface area contributed by atoms with E-state index in [4.69, 9.17) is 18.9 Å². The molecule has 0 fully saturated rings. The zero-order valence-corrected chi connectivity index (χ0v) is 15.7. The van der Waals surface area contributed by atoms with E-state index in [9.17, 15) is 19.7 Å². The molecule has 0 atom stereocenters. The van der Waals surface area contributed by atoms with Crippen molar-refractivity contribution in [2.45, 2.75) is 12.8 Å². The van der Waals surface area contributed by atoms with Crippen molar-refractivity contribution in [1.82, 2.24) is 5.32 Å². The second kappa shape index (κ2) is 13.1. The van der Waals surface area contributed by atoms with Gasteiger partial charge in [-0.05, 0) is 12.5 Å². The molecule has 0 saturated carbocycles. The average Bonchev–Trinajstić information content (AvgIpc) is 2.69. The zero-order chi connectivity index (χ0) is 20.8. The molecule has 0 heterocycles. The number of esters is 1. The van der Waals surface area contributed by atoms with Gasteiger partial charge in [0.2, 0.25) is 5.91 Å². The van der Waals surface area contributed by atoms with Gasteiger partial charge in [-0.25, -0.2) is 4.79 Å². The fourth-order valence-corrected chi connectivity index (χ4v) is 2.02. The van der Waals surface area contributed by atoms with Crippen molar-refractivity contribution in [3.63, 3.8) is 0 Å². The Morgan fingerprint density at radius 2 is 2.00 bits per heavy atom. The molecule has 1 aromatic carbocycles. The largest absolute Gasteiger partial charge is 0.493 e. The van der Waals surface area contributed by atoms with Gasteiger partial charge in [0.05, 0.1) is 37.9 Å². The highest BCUT2D eigenvalue weighted by molar-refractivity contribution is 5.81. The van der Waals surface area contributed by atoms with Crippen molar-refractivity contribution >= 4 is 17.6 Å². The maximum Gasteiger partial charge on any atom is 0.330 e. The van der Waals surface area contributed by atoms with Crippen LogP contribution >= 0.6 is 0 Å². The topological polar surface area (TPSA) is 126 Å². The van der Waals surface area contributed by atoms with Crippen molar-refractivity contribution in [3.8, 4) is 11.5 Å². The van der Waals surface area contributed by atoms with Crippen molar-refractivity contribution in [2.75, 3.05) is 40.1 Å². The third-order valence-corrected chi connectivity index (χ3v) is 3.37. The Labute approximate surface area is 162 Å². The highest BCUT2D eigenvalue weighted by Gasteiger charge is 2.12. The van der Waals surface area contributed by atoms with Gasteiger partial charge in [0, 0.05) is 25.1 Å². The predicted molar refractivity (Wildman–Crippen MR) is 99.4 cm³/mol. The summed E-state index contributed by atoms with van der Waals surface area (Å²) in [7, 11) is 1.44. The fraction of sp³-hybridized carbons (Fsp3) is 0.444. The quantitative estimate of drug-likeness (QED) is 0.165. The number of nitro benzene ring substituents is 1. The lowest BCUT2D eigenvalue weighted by molar-refractivity contribution is -0.385. The summed E-state index contributed by atoms with van der Waals surface area (Å²) >= 11 is 0. The molecule has 0 aliphatic carbocycles. The predicted octanol–water partition coefficient (Wildman–Crippen LogP) is 1.62. The Bertz CT molecular complexity index is 678. The zero-order valence-electron chi connectivity index (χ0n) is 15.7. The molecule has 0 radical (unpaired) electrons. The second-order valence-electron chi connectivity index (χ2n) is 5.38. The first kappa shape index (κ1) is 22.9. The Morgan fingerprint density at radius 3 is 2.68 bits per heavy atom. The van der Waals surface area contributed by atoms with Crippen LogP contribution in [0.2, 0.25) is 0 Å². The summed E-state index contributed by atoms with van der Waals surface area (Å²) in [6, 6.07) is 4.06. The van der Waals surface area contributed by atoms with E-state index in [1.165, 1.54) is 25.3 Å². The molecule has 0 aromatic heterocycles. The van der Waals surface area contributed by atoms with E-state index in [2.05, 4.69) is 11.9 Å². The molecule has 1 N–H and O–H groups in total. The highest BCUT2D eigenvalue weighted by atomic mass is 16.6. The number of amides is 1. The van der Waals surface area contributed by atoms with Crippen LogP contribution in [-0.4, -0.2) is 56.9 Å². The summed E-state index contributed by atoms with van der Waals surface area (Å²) < 4.78 is 20.5. The smallest absolute Gasteiger partial charge is 0.330 e. The van der Waals surface area contributed by atoms with Crippen LogP contribution in [0.5, 0.6) is 11.5 Å². The minimum absolute atomic E-state index is 0.104. The Hall–Kier alpha value is -3.14. The van der Waals surface area contributed by atoms with E-state index >= 15 is 0 Å². The number of rotatable bonds is 14. The van der Waals surface area contributed by atoms with Crippen LogP contribution in [0.15, 0.2) is 30.9 Å². The van der Waals surface area contributed by atoms with Gasteiger partial charge in [-0.2, -0.15) is 0 Å². The standard InChI is InChI=1S/C18H24N2O8/c1-3-18(22)28-12-11-26-10-8-19-17(21)5-4-9-27-16-13-14(20(23)24)6-7-15(16)25-2/h3,6-7,13H,1,4-5,8-12H2,2H3,(H,19,21). The first-order chi connectivity index (χ1) is 13.5. The number of non-ortho nitro benzene ring substituents is 1.